The average Bonchev–Trinajstić information content (AvgIpc) is 0.670. The lowest BCUT2D eigenvalue weighted by molar-refractivity contribution is -0.345. The first-order valence-electron chi connectivity index (χ1n) is 31.8. The van der Waals surface area contributed by atoms with E-state index in [0.717, 1.165) is 18.7 Å². The van der Waals surface area contributed by atoms with E-state index in [2.05, 4.69) is 32.9 Å². The number of esters is 4. The summed E-state index contributed by atoms with van der Waals surface area (Å²) in [7, 11) is -0.214. The fourth-order valence-corrected chi connectivity index (χ4v) is 14.2. The molecule has 7 rings (SSSR count). The molecule has 3 fully saturated rings. The largest absolute Gasteiger partial charge is 0.465 e. The smallest absolute Gasteiger partial charge is 0.355 e. The summed E-state index contributed by atoms with van der Waals surface area (Å²) in [4.78, 5) is 176. The van der Waals surface area contributed by atoms with Crippen molar-refractivity contribution in [3.8, 4) is 0 Å². The highest BCUT2D eigenvalue weighted by Gasteiger charge is 2.78. The minimum absolute atomic E-state index is 0.0356. The zero-order valence-electron chi connectivity index (χ0n) is 55.4. The first kappa shape index (κ1) is 76.3. The number of thiophene rings is 1. The number of primary amides is 2. The maximum absolute atomic E-state index is 15.7. The number of aliphatic hydroxyl groups is 2. The molecule has 1 saturated heterocycles. The number of Topliss-reactive ketones (excluding diaryl/α,β-unsaturated/α-hetero) is 1. The molecule has 0 radical (unpaired) electrons. The van der Waals surface area contributed by atoms with Crippen LogP contribution in [0, 0.1) is 22.7 Å². The summed E-state index contributed by atoms with van der Waals surface area (Å²) in [5.41, 5.74) is 2.35. The van der Waals surface area contributed by atoms with Crippen LogP contribution in [0.5, 0.6) is 0 Å². The van der Waals surface area contributed by atoms with Gasteiger partial charge in [0, 0.05) is 76.2 Å². The molecule has 2 aromatic carbocycles. The number of fused-ring (bicyclic) bond motifs is 5. The Morgan fingerprint density at radius 1 is 0.806 bits per heavy atom. The van der Waals surface area contributed by atoms with Gasteiger partial charge in [-0.25, -0.2) is 4.79 Å². The van der Waals surface area contributed by atoms with Gasteiger partial charge in [-0.3, -0.25) is 57.5 Å². The molecule has 14 atom stereocenters. The lowest BCUT2D eigenvalue weighted by Gasteiger charge is -2.67. The average molecular weight is 1400 g/mol. The fourth-order valence-electron chi connectivity index (χ4n) is 13.4. The zero-order valence-corrected chi connectivity index (χ0v) is 57.1. The second-order valence-electron chi connectivity index (χ2n) is 25.4. The van der Waals surface area contributed by atoms with Gasteiger partial charge in [0.2, 0.25) is 35.4 Å². The van der Waals surface area contributed by atoms with Crippen molar-refractivity contribution in [2.75, 3.05) is 19.8 Å². The highest BCUT2D eigenvalue weighted by Crippen LogP contribution is 2.64. The van der Waals surface area contributed by atoms with Crippen molar-refractivity contribution in [2.24, 2.45) is 34.1 Å². The maximum atomic E-state index is 15.7. The van der Waals surface area contributed by atoms with Crippen molar-refractivity contribution in [2.45, 2.75) is 172 Å². The van der Waals surface area contributed by atoms with Gasteiger partial charge in [-0.2, -0.15) is 0 Å². The van der Waals surface area contributed by atoms with Crippen LogP contribution in [-0.2, 0) is 81.2 Å². The van der Waals surface area contributed by atoms with E-state index >= 15 is 9.59 Å². The number of nitrogens with one attached hydrogen (secondary N) is 5. The number of carbonyl (C=O) groups is 13. The summed E-state index contributed by atoms with van der Waals surface area (Å²) >= 11 is 1.41. The SMILES string of the molecule is C=PC(=O)O[C@H]1C2[C@](C)(C(=O)[C@H](OC(C)=O)C3=C(C)C(OC(=O)C(COC(=O)CCC(=O)NCCCCC(NC(=O)CC[C@H](NC(=O)C(C)NC(=O)/C=C/c4cccs4)C(N)=O)C(N)=O)C(NC(=O)c4ccccc4)c4ccccc4)C[C@]1(O)C3(C)C)C(O)C[C@H]1OC[C@@]21OC(C)=O. The van der Waals surface area contributed by atoms with Crippen LogP contribution in [0.4, 0.5) is 4.79 Å². The molecule has 528 valence electrons. The Morgan fingerprint density at radius 2 is 1.47 bits per heavy atom. The van der Waals surface area contributed by atoms with Crippen LogP contribution in [-0.4, -0.2) is 173 Å². The number of aliphatic hydroxyl groups excluding tert-OH is 1. The molecule has 1 aromatic heterocycles. The topological polar surface area (TPSA) is 430 Å². The number of benzene rings is 2. The minimum atomic E-state index is -2.49. The maximum Gasteiger partial charge on any atom is 0.355 e. The molecule has 0 spiro atoms. The van der Waals surface area contributed by atoms with Gasteiger partial charge in [-0.1, -0.05) is 74.7 Å². The quantitative estimate of drug-likeness (QED) is 0.0111. The molecule has 3 aliphatic carbocycles. The predicted molar refractivity (Wildman–Crippen MR) is 353 cm³/mol. The Morgan fingerprint density at radius 3 is 2.07 bits per heavy atom. The lowest BCUT2D eigenvalue weighted by atomic mass is 9.44. The minimum Gasteiger partial charge on any atom is -0.465 e. The third-order valence-corrected chi connectivity index (χ3v) is 19.9. The van der Waals surface area contributed by atoms with Gasteiger partial charge < -0.3 is 76.7 Å². The summed E-state index contributed by atoms with van der Waals surface area (Å²) in [6.45, 7) is 8.25. The predicted octanol–water partition coefficient (Wildman–Crippen LogP) is 3.26. The second kappa shape index (κ2) is 33.0. The Kier molecular flexibility index (Phi) is 25.7. The Hall–Kier alpha value is -9.02. The van der Waals surface area contributed by atoms with Crippen LogP contribution in [0.3, 0.4) is 0 Å². The van der Waals surface area contributed by atoms with Crippen molar-refractivity contribution >= 4 is 109 Å². The number of amides is 7. The molecule has 7 amide bonds. The second-order valence-corrected chi connectivity index (χ2v) is 27.1. The van der Waals surface area contributed by atoms with Gasteiger partial charge in [0.05, 0.1) is 36.5 Å². The van der Waals surface area contributed by atoms with E-state index in [-0.39, 0.29) is 76.6 Å². The number of unbranched alkanes of at least 4 members (excludes halogenated alkanes) is 1. The molecule has 4 aliphatic rings. The van der Waals surface area contributed by atoms with Crippen LogP contribution in [0.25, 0.3) is 6.08 Å². The summed E-state index contributed by atoms with van der Waals surface area (Å²) in [5.74, 6) is -13.2. The number of ether oxygens (including phenoxy) is 6. The molecule has 7 unspecified atom stereocenters. The van der Waals surface area contributed by atoms with Crippen molar-refractivity contribution in [3.05, 3.63) is 111 Å². The Bertz CT molecular complexity index is 3590. The molecule has 11 N–H and O–H groups in total. The van der Waals surface area contributed by atoms with E-state index in [1.54, 1.807) is 60.7 Å². The van der Waals surface area contributed by atoms with E-state index < -0.39 is 191 Å². The normalized spacial score (nSPS) is 25.2. The van der Waals surface area contributed by atoms with Crippen LogP contribution < -0.4 is 38.1 Å². The summed E-state index contributed by atoms with van der Waals surface area (Å²) in [5, 5.41) is 40.8. The first-order chi connectivity index (χ1) is 46.3. The van der Waals surface area contributed by atoms with E-state index in [1.807, 2.05) is 11.4 Å². The zero-order chi connectivity index (χ0) is 72.0. The highest BCUT2D eigenvalue weighted by molar-refractivity contribution is 7.55. The number of nitrogens with two attached hydrogens (primary N) is 2. The molecule has 3 aromatic rings. The number of carbonyl (C=O) groups excluding carboxylic acids is 13. The van der Waals surface area contributed by atoms with Gasteiger partial charge in [-0.15, -0.1) is 11.3 Å². The van der Waals surface area contributed by atoms with Crippen LogP contribution >= 0.6 is 19.5 Å². The summed E-state index contributed by atoms with van der Waals surface area (Å²) < 4.78 is 36.2. The third kappa shape index (κ3) is 17.6. The number of ketones is 1. The van der Waals surface area contributed by atoms with Gasteiger partial charge in [0.25, 0.3) is 5.91 Å². The first-order valence-corrected chi connectivity index (χ1v) is 33.8. The van der Waals surface area contributed by atoms with Crippen LogP contribution in [0.1, 0.15) is 133 Å². The molecule has 30 heteroatoms. The molecule has 2 bridgehead atoms. The summed E-state index contributed by atoms with van der Waals surface area (Å²) in [6, 6.07) is 14.8. The molecule has 2 saturated carbocycles. The molecular weight excluding hydrogens is 1310 g/mol. The molecule has 28 nitrogen and oxygen atoms in total. The van der Waals surface area contributed by atoms with E-state index in [0.29, 0.717) is 5.56 Å². The van der Waals surface area contributed by atoms with E-state index in [4.69, 9.17) is 39.9 Å². The standard InChI is InChI=1S/C68H84N7O21PS/c1-36-46(33-68(90)58(95-64(89)97-8)56-66(7,47(78)32-48-67(56,35-92-48)96-39(4)77)57(83)55(93-38(3)76)53(36)65(68,5)6)94-63(88)43(54(40-18-11-9-12-19-40)75-62(87)41-20-13-10-14-21-41)34-91-52(82)29-28-49(79)71-30-16-15-23-44(59(69)84)73-51(81)27-25-45(60(70)85)74-61(86)37(2)72-50(80)26-24-42-22-17-31-98-42/h9-14,17-22,24,26,31,37,43-48,54-56,58,78,90H,8,15-16,23,25,27-30,32-35H2,1-7H3,(H2,69,84)(H2,70,85)(H,71,79)(H,72,80)(H,73,81)(H,74,86)(H,75,87)/b26-24+/t37?,43?,44?,45-,46?,47?,48+,54?,55+,56?,58-,66+,67-,68+/m0/s1. The van der Waals surface area contributed by atoms with Crippen molar-refractivity contribution < 1.29 is 101 Å². The number of rotatable bonds is 31. The van der Waals surface area contributed by atoms with E-state index in [9.17, 15) is 63.0 Å². The van der Waals surface area contributed by atoms with Gasteiger partial charge in [0.15, 0.2) is 17.5 Å². The molecule has 98 heavy (non-hydrogen) atoms. The summed E-state index contributed by atoms with van der Waals surface area (Å²) in [6.07, 6.45) is -3.62. The van der Waals surface area contributed by atoms with Crippen molar-refractivity contribution in [3.63, 3.8) is 0 Å². The molecule has 1 aliphatic heterocycles. The van der Waals surface area contributed by atoms with Crippen molar-refractivity contribution in [1.82, 2.24) is 26.6 Å². The third-order valence-electron chi connectivity index (χ3n) is 18.7. The van der Waals surface area contributed by atoms with Crippen LogP contribution in [0.15, 0.2) is 95.4 Å². The monoisotopic (exact) mass is 1400 g/mol. The van der Waals surface area contributed by atoms with Gasteiger partial charge in [0.1, 0.15) is 54.6 Å². The Balaban J connectivity index is 1.05. The molecule has 2 heterocycles. The lowest BCUT2D eigenvalue weighted by Crippen LogP contribution is -2.81. The highest BCUT2D eigenvalue weighted by atomic mass is 32.1. The van der Waals surface area contributed by atoms with Crippen molar-refractivity contribution in [1.29, 1.82) is 0 Å². The fraction of sp³-hybridized carbons (Fsp3) is 0.500. The Labute approximate surface area is 571 Å². The van der Waals surface area contributed by atoms with Gasteiger partial charge >= 0.3 is 29.6 Å². The van der Waals surface area contributed by atoms with Crippen LogP contribution in [0.2, 0.25) is 0 Å². The van der Waals surface area contributed by atoms with E-state index in [1.165, 1.54) is 64.2 Å². The number of hydrogen-bond donors (Lipinski definition) is 9. The number of hydrogen-bond acceptors (Lipinski definition) is 22. The van der Waals surface area contributed by atoms with Gasteiger partial charge in [-0.05, 0) is 92.8 Å². The molecular formula is C68H84N7O21PS.